The Balaban J connectivity index is 0.00000156. The molecule has 2 N–H and O–H groups in total. The molecule has 4 rings (SSSR count). The quantitative estimate of drug-likeness (QED) is 0.889. The second kappa shape index (κ2) is 6.63. The van der Waals surface area contributed by atoms with Crippen molar-refractivity contribution >= 4 is 29.7 Å². The van der Waals surface area contributed by atoms with E-state index in [0.717, 1.165) is 29.4 Å². The number of carbonyl (C=O) groups excluding carboxylic acids is 1. The maximum Gasteiger partial charge on any atom is 0.270 e. The molecular formula is C16H20ClN3O2S. The molecule has 2 aliphatic heterocycles. The lowest BCUT2D eigenvalue weighted by Crippen LogP contribution is -2.48. The number of nitrogens with zero attached hydrogens (tertiary/aromatic N) is 1. The standard InChI is InChI=1S/C16H19N3O2S.ClH/c1-9-2-5-14(21-9)16-19-13(8-22-16)15(20)18-12-6-10-3-4-11(7-12)17-10;/h2,5,8,10-12,17H,3-4,6-7H2,1H3,(H,18,20);1H. The minimum absolute atomic E-state index is 0. The van der Waals surface area contributed by atoms with Crippen LogP contribution in [0.4, 0.5) is 0 Å². The average molecular weight is 354 g/mol. The van der Waals surface area contributed by atoms with Crippen molar-refractivity contribution in [1.29, 1.82) is 0 Å². The molecule has 2 aromatic rings. The molecule has 23 heavy (non-hydrogen) atoms. The summed E-state index contributed by atoms with van der Waals surface area (Å²) in [7, 11) is 0. The van der Waals surface area contributed by atoms with Crippen molar-refractivity contribution in [3.63, 3.8) is 0 Å². The van der Waals surface area contributed by atoms with Gasteiger partial charge in [-0.3, -0.25) is 4.79 Å². The van der Waals surface area contributed by atoms with Crippen LogP contribution in [0.2, 0.25) is 0 Å². The Morgan fingerprint density at radius 2 is 2.09 bits per heavy atom. The molecule has 2 saturated heterocycles. The summed E-state index contributed by atoms with van der Waals surface area (Å²) in [6.45, 7) is 1.90. The molecule has 2 aliphatic rings. The lowest BCUT2D eigenvalue weighted by Gasteiger charge is -2.29. The van der Waals surface area contributed by atoms with Crippen molar-refractivity contribution < 1.29 is 9.21 Å². The number of halogens is 1. The number of hydrogen-bond acceptors (Lipinski definition) is 5. The fourth-order valence-electron chi connectivity index (χ4n) is 3.48. The SMILES string of the molecule is Cc1ccc(-c2nc(C(=O)NC3CC4CCC(C3)N4)cs2)o1.Cl. The fourth-order valence-corrected chi connectivity index (χ4v) is 4.24. The Bertz CT molecular complexity index is 687. The smallest absolute Gasteiger partial charge is 0.270 e. The number of aryl methyl sites for hydroxylation is 1. The molecule has 1 amide bonds. The summed E-state index contributed by atoms with van der Waals surface area (Å²) in [5.41, 5.74) is 0.486. The van der Waals surface area contributed by atoms with Crippen molar-refractivity contribution in [2.45, 2.75) is 50.7 Å². The molecule has 2 bridgehead atoms. The van der Waals surface area contributed by atoms with Crippen molar-refractivity contribution in [3.05, 3.63) is 29.0 Å². The van der Waals surface area contributed by atoms with E-state index in [9.17, 15) is 4.79 Å². The third kappa shape index (κ3) is 3.44. The Hall–Kier alpha value is -1.37. The zero-order chi connectivity index (χ0) is 15.1. The number of piperidine rings is 1. The van der Waals surface area contributed by atoms with Crippen LogP contribution in [0.15, 0.2) is 21.9 Å². The van der Waals surface area contributed by atoms with E-state index in [1.165, 1.54) is 24.2 Å². The fraction of sp³-hybridized carbons (Fsp3) is 0.500. The molecule has 0 aliphatic carbocycles. The Morgan fingerprint density at radius 1 is 1.35 bits per heavy atom. The minimum atomic E-state index is -0.0721. The van der Waals surface area contributed by atoms with Crippen molar-refractivity contribution in [3.8, 4) is 10.8 Å². The maximum absolute atomic E-state index is 12.4. The molecule has 2 fully saturated rings. The molecule has 0 saturated carbocycles. The summed E-state index contributed by atoms with van der Waals surface area (Å²) >= 11 is 1.44. The molecule has 7 heteroatoms. The van der Waals surface area contributed by atoms with Gasteiger partial charge in [-0.15, -0.1) is 23.7 Å². The number of rotatable bonds is 3. The van der Waals surface area contributed by atoms with Gasteiger partial charge in [0.05, 0.1) is 0 Å². The highest BCUT2D eigenvalue weighted by Crippen LogP contribution is 2.28. The van der Waals surface area contributed by atoms with Gasteiger partial charge in [0, 0.05) is 23.5 Å². The third-order valence-electron chi connectivity index (χ3n) is 4.50. The highest BCUT2D eigenvalue weighted by molar-refractivity contribution is 7.13. The number of thiazole rings is 1. The summed E-state index contributed by atoms with van der Waals surface area (Å²) in [5.74, 6) is 1.50. The zero-order valence-corrected chi connectivity index (χ0v) is 14.5. The van der Waals surface area contributed by atoms with E-state index < -0.39 is 0 Å². The van der Waals surface area contributed by atoms with Crippen LogP contribution in [-0.2, 0) is 0 Å². The van der Waals surface area contributed by atoms with Crippen molar-refractivity contribution in [1.82, 2.24) is 15.6 Å². The van der Waals surface area contributed by atoms with Crippen LogP contribution in [0.1, 0.15) is 41.9 Å². The minimum Gasteiger partial charge on any atom is -0.459 e. The van der Waals surface area contributed by atoms with Gasteiger partial charge in [0.1, 0.15) is 11.5 Å². The topological polar surface area (TPSA) is 67.2 Å². The van der Waals surface area contributed by atoms with Gasteiger partial charge in [-0.05, 0) is 44.7 Å². The van der Waals surface area contributed by atoms with E-state index in [1.807, 2.05) is 19.1 Å². The predicted octanol–water partition coefficient (Wildman–Crippen LogP) is 3.15. The van der Waals surface area contributed by atoms with E-state index in [-0.39, 0.29) is 24.4 Å². The second-order valence-corrected chi connectivity index (χ2v) is 7.09. The normalized spacial score (nSPS) is 25.9. The maximum atomic E-state index is 12.4. The molecule has 5 nitrogen and oxygen atoms in total. The van der Waals surface area contributed by atoms with Gasteiger partial charge in [0.2, 0.25) is 0 Å². The van der Waals surface area contributed by atoms with Crippen LogP contribution in [-0.4, -0.2) is 29.0 Å². The van der Waals surface area contributed by atoms with Gasteiger partial charge >= 0.3 is 0 Å². The predicted molar refractivity (Wildman–Crippen MR) is 92.2 cm³/mol. The van der Waals surface area contributed by atoms with E-state index in [0.29, 0.717) is 17.8 Å². The molecule has 0 aromatic carbocycles. The van der Waals surface area contributed by atoms with Gasteiger partial charge in [-0.1, -0.05) is 0 Å². The summed E-state index contributed by atoms with van der Waals surface area (Å²) in [5, 5.41) is 9.28. The number of fused-ring (bicyclic) bond motifs is 2. The second-order valence-electron chi connectivity index (χ2n) is 6.23. The lowest BCUT2D eigenvalue weighted by atomic mass is 10.00. The number of furan rings is 1. The highest BCUT2D eigenvalue weighted by atomic mass is 35.5. The van der Waals surface area contributed by atoms with Gasteiger partial charge in [0.15, 0.2) is 10.8 Å². The van der Waals surface area contributed by atoms with E-state index in [2.05, 4.69) is 15.6 Å². The van der Waals surface area contributed by atoms with Gasteiger partial charge in [0.25, 0.3) is 5.91 Å². The first-order valence-electron chi connectivity index (χ1n) is 7.76. The first kappa shape index (κ1) is 16.5. The summed E-state index contributed by atoms with van der Waals surface area (Å²) < 4.78 is 5.56. The van der Waals surface area contributed by atoms with Gasteiger partial charge in [-0.2, -0.15) is 0 Å². The summed E-state index contributed by atoms with van der Waals surface area (Å²) in [4.78, 5) is 16.8. The number of carbonyl (C=O) groups is 1. The lowest BCUT2D eigenvalue weighted by molar-refractivity contribution is 0.0919. The zero-order valence-electron chi connectivity index (χ0n) is 12.9. The number of amides is 1. The molecular weight excluding hydrogens is 334 g/mol. The van der Waals surface area contributed by atoms with Crippen molar-refractivity contribution in [2.75, 3.05) is 0 Å². The molecule has 4 heterocycles. The average Bonchev–Trinajstić information content (AvgIpc) is 3.19. The number of hydrogen-bond donors (Lipinski definition) is 2. The molecule has 2 aromatic heterocycles. The van der Waals surface area contributed by atoms with Gasteiger partial charge in [-0.25, -0.2) is 4.98 Å². The van der Waals surface area contributed by atoms with Crippen molar-refractivity contribution in [2.24, 2.45) is 0 Å². The highest BCUT2D eigenvalue weighted by Gasteiger charge is 2.34. The number of nitrogens with one attached hydrogen (secondary N) is 2. The Morgan fingerprint density at radius 3 is 2.74 bits per heavy atom. The molecule has 124 valence electrons. The first-order valence-corrected chi connectivity index (χ1v) is 8.64. The van der Waals surface area contributed by atoms with Crippen LogP contribution in [0.25, 0.3) is 10.8 Å². The Labute approximate surface area is 145 Å². The first-order chi connectivity index (χ1) is 10.7. The Kier molecular flexibility index (Phi) is 4.75. The molecule has 0 radical (unpaired) electrons. The van der Waals surface area contributed by atoms with E-state index >= 15 is 0 Å². The van der Waals surface area contributed by atoms with E-state index in [4.69, 9.17) is 4.42 Å². The number of aromatic nitrogens is 1. The van der Waals surface area contributed by atoms with Crippen LogP contribution in [0.3, 0.4) is 0 Å². The largest absolute Gasteiger partial charge is 0.459 e. The van der Waals surface area contributed by atoms with Crippen LogP contribution in [0.5, 0.6) is 0 Å². The molecule has 2 atom stereocenters. The molecule has 0 spiro atoms. The third-order valence-corrected chi connectivity index (χ3v) is 5.35. The monoisotopic (exact) mass is 353 g/mol. The molecule has 2 unspecified atom stereocenters. The van der Waals surface area contributed by atoms with Crippen LogP contribution >= 0.6 is 23.7 Å². The summed E-state index contributed by atoms with van der Waals surface area (Å²) in [6.07, 6.45) is 4.51. The van der Waals surface area contributed by atoms with Crippen LogP contribution < -0.4 is 10.6 Å². The summed E-state index contributed by atoms with van der Waals surface area (Å²) in [6, 6.07) is 5.20. The van der Waals surface area contributed by atoms with Crippen LogP contribution in [0, 0.1) is 6.92 Å². The van der Waals surface area contributed by atoms with Gasteiger partial charge < -0.3 is 15.1 Å². The van der Waals surface area contributed by atoms with E-state index in [1.54, 1.807) is 5.38 Å².